The molecule has 1 amide bonds. The van der Waals surface area contributed by atoms with Crippen LogP contribution >= 0.6 is 0 Å². The lowest BCUT2D eigenvalue weighted by molar-refractivity contribution is -0.120. The molecule has 0 saturated carbocycles. The van der Waals surface area contributed by atoms with Gasteiger partial charge in [-0.1, -0.05) is 26.2 Å². The first-order valence-corrected chi connectivity index (χ1v) is 8.59. The summed E-state index contributed by atoms with van der Waals surface area (Å²) < 4.78 is 4.96. The van der Waals surface area contributed by atoms with Gasteiger partial charge in [-0.2, -0.15) is 0 Å². The number of hydrogen-bond donors (Lipinski definition) is 3. The standard InChI is InChI=1S/C19H23NO6/c1-3-4-5-6-7-20-19(25)12-8-11-10-14(26-2)17(23)18(24)15(11)16(22)13(21)9-12/h8,10,23-24H,3-7,9H2,1-2H3,(H,20,25). The number of ketones is 2. The number of phenols is 2. The number of fused-ring (bicyclic) bond motifs is 1. The number of unbranched alkanes of at least 4 members (excludes halogenated alkanes) is 3. The molecule has 26 heavy (non-hydrogen) atoms. The van der Waals surface area contributed by atoms with Gasteiger partial charge < -0.3 is 20.3 Å². The molecule has 0 fully saturated rings. The largest absolute Gasteiger partial charge is 0.504 e. The zero-order valence-electron chi connectivity index (χ0n) is 14.9. The van der Waals surface area contributed by atoms with E-state index in [1.807, 2.05) is 0 Å². The molecule has 2 rings (SSSR count). The van der Waals surface area contributed by atoms with Gasteiger partial charge in [0, 0.05) is 18.5 Å². The number of amides is 1. The average molecular weight is 361 g/mol. The van der Waals surface area contributed by atoms with Crippen LogP contribution in [-0.4, -0.2) is 41.3 Å². The van der Waals surface area contributed by atoms with E-state index in [1.165, 1.54) is 19.3 Å². The minimum Gasteiger partial charge on any atom is -0.504 e. The summed E-state index contributed by atoms with van der Waals surface area (Å²) in [6.45, 7) is 2.58. The molecule has 0 saturated heterocycles. The molecule has 0 radical (unpaired) electrons. The van der Waals surface area contributed by atoms with Crippen LogP contribution in [0.2, 0.25) is 0 Å². The molecule has 7 heteroatoms. The Morgan fingerprint density at radius 2 is 1.92 bits per heavy atom. The summed E-state index contributed by atoms with van der Waals surface area (Å²) in [6, 6.07) is 1.31. The average Bonchev–Trinajstić information content (AvgIpc) is 2.74. The van der Waals surface area contributed by atoms with Crippen molar-refractivity contribution in [1.29, 1.82) is 0 Å². The number of Topliss-reactive ketones (excluding diaryl/α,β-unsaturated/α-hetero) is 2. The highest BCUT2D eigenvalue weighted by Crippen LogP contribution is 2.42. The molecule has 0 atom stereocenters. The van der Waals surface area contributed by atoms with Crippen LogP contribution in [0.4, 0.5) is 0 Å². The Hall–Kier alpha value is -2.83. The minimum atomic E-state index is -0.947. The molecular formula is C19H23NO6. The number of benzene rings is 1. The van der Waals surface area contributed by atoms with Gasteiger partial charge in [0.1, 0.15) is 0 Å². The molecule has 1 aromatic carbocycles. The summed E-state index contributed by atoms with van der Waals surface area (Å²) in [5, 5.41) is 22.7. The first-order chi connectivity index (χ1) is 12.4. The van der Waals surface area contributed by atoms with E-state index in [1.54, 1.807) is 0 Å². The van der Waals surface area contributed by atoms with E-state index in [0.717, 1.165) is 25.7 Å². The van der Waals surface area contributed by atoms with Gasteiger partial charge >= 0.3 is 0 Å². The van der Waals surface area contributed by atoms with Gasteiger partial charge in [-0.15, -0.1) is 0 Å². The first kappa shape index (κ1) is 19.5. The van der Waals surface area contributed by atoms with Gasteiger partial charge in [-0.3, -0.25) is 14.4 Å². The van der Waals surface area contributed by atoms with E-state index >= 15 is 0 Å². The lowest BCUT2D eigenvalue weighted by atomic mass is 10.00. The Morgan fingerprint density at radius 1 is 1.19 bits per heavy atom. The predicted molar refractivity (Wildman–Crippen MR) is 95.4 cm³/mol. The molecule has 0 heterocycles. The summed E-state index contributed by atoms with van der Waals surface area (Å²) >= 11 is 0. The number of phenolic OH excluding ortho intramolecular Hbond substituents is 2. The lowest BCUT2D eigenvalue weighted by Crippen LogP contribution is -2.27. The number of methoxy groups -OCH3 is 1. The third-order valence-corrected chi connectivity index (χ3v) is 4.26. The maximum absolute atomic E-state index is 12.4. The molecule has 0 aromatic heterocycles. The quantitative estimate of drug-likeness (QED) is 0.390. The first-order valence-electron chi connectivity index (χ1n) is 8.59. The van der Waals surface area contributed by atoms with Gasteiger partial charge in [-0.25, -0.2) is 0 Å². The fourth-order valence-corrected chi connectivity index (χ4v) is 2.81. The molecule has 1 aromatic rings. The predicted octanol–water partition coefficient (Wildman–Crippen LogP) is 2.34. The van der Waals surface area contributed by atoms with Gasteiger partial charge in [0.05, 0.1) is 12.7 Å². The zero-order valence-corrected chi connectivity index (χ0v) is 14.9. The molecule has 0 spiro atoms. The number of hydrogen-bond acceptors (Lipinski definition) is 6. The molecular weight excluding hydrogens is 338 g/mol. The van der Waals surface area contributed by atoms with Crippen LogP contribution in [-0.2, 0) is 9.59 Å². The van der Waals surface area contributed by atoms with Crippen molar-refractivity contribution in [3.63, 3.8) is 0 Å². The van der Waals surface area contributed by atoms with Crippen molar-refractivity contribution in [3.8, 4) is 17.2 Å². The third kappa shape index (κ3) is 4.04. The molecule has 7 nitrogen and oxygen atoms in total. The summed E-state index contributed by atoms with van der Waals surface area (Å²) in [4.78, 5) is 36.8. The number of nitrogens with one attached hydrogen (secondary N) is 1. The van der Waals surface area contributed by atoms with E-state index in [9.17, 15) is 24.6 Å². The molecule has 140 valence electrons. The SMILES string of the molecule is CCCCCCNC(=O)C1=Cc2cc(OC)c(O)c(O)c2C(=O)C(=O)C1. The molecule has 1 aliphatic carbocycles. The normalized spacial score (nSPS) is 13.7. The van der Waals surface area contributed by atoms with Crippen LogP contribution in [0.1, 0.15) is 54.9 Å². The van der Waals surface area contributed by atoms with Gasteiger partial charge in [-0.05, 0) is 24.1 Å². The molecule has 0 unspecified atom stereocenters. The van der Waals surface area contributed by atoms with Crippen molar-refractivity contribution in [2.24, 2.45) is 0 Å². The molecule has 1 aliphatic rings. The van der Waals surface area contributed by atoms with E-state index in [-0.39, 0.29) is 28.9 Å². The van der Waals surface area contributed by atoms with Crippen molar-refractivity contribution in [2.45, 2.75) is 39.0 Å². The Kier molecular flexibility index (Phi) is 6.38. The number of ether oxygens (including phenoxy) is 1. The maximum atomic E-state index is 12.4. The molecule has 0 aliphatic heterocycles. The van der Waals surface area contributed by atoms with Crippen molar-refractivity contribution in [2.75, 3.05) is 13.7 Å². The van der Waals surface area contributed by atoms with Crippen LogP contribution in [0.25, 0.3) is 6.08 Å². The summed E-state index contributed by atoms with van der Waals surface area (Å²) in [6.07, 6.45) is 5.02. The van der Waals surface area contributed by atoms with Gasteiger partial charge in [0.15, 0.2) is 11.5 Å². The Balaban J connectivity index is 2.31. The number of carbonyl (C=O) groups excluding carboxylic acids is 3. The Bertz CT molecular complexity index is 766. The minimum absolute atomic E-state index is 0.0565. The van der Waals surface area contributed by atoms with Gasteiger partial charge in [0.25, 0.3) is 0 Å². The monoisotopic (exact) mass is 361 g/mol. The van der Waals surface area contributed by atoms with Crippen LogP contribution in [0.5, 0.6) is 17.2 Å². The Morgan fingerprint density at radius 3 is 2.58 bits per heavy atom. The van der Waals surface area contributed by atoms with E-state index in [4.69, 9.17) is 4.74 Å². The highest BCUT2D eigenvalue weighted by atomic mass is 16.5. The third-order valence-electron chi connectivity index (χ3n) is 4.26. The number of aromatic hydroxyl groups is 2. The van der Waals surface area contributed by atoms with Crippen LogP contribution in [0, 0.1) is 0 Å². The Labute approximate surface area is 151 Å². The number of rotatable bonds is 7. The van der Waals surface area contributed by atoms with Crippen LogP contribution < -0.4 is 10.1 Å². The summed E-state index contributed by atoms with van der Waals surface area (Å²) in [5.74, 6) is -3.60. The van der Waals surface area contributed by atoms with E-state index in [2.05, 4.69) is 12.2 Å². The maximum Gasteiger partial charge on any atom is 0.247 e. The van der Waals surface area contributed by atoms with Crippen LogP contribution in [0.3, 0.4) is 0 Å². The van der Waals surface area contributed by atoms with Crippen molar-refractivity contribution in [3.05, 3.63) is 22.8 Å². The fourth-order valence-electron chi connectivity index (χ4n) is 2.81. The number of carbonyl (C=O) groups is 3. The topological polar surface area (TPSA) is 113 Å². The fraction of sp³-hybridized carbons (Fsp3) is 0.421. The summed E-state index contributed by atoms with van der Waals surface area (Å²) in [5.41, 5.74) is -0.0343. The van der Waals surface area contributed by atoms with Crippen molar-refractivity contribution < 1.29 is 29.3 Å². The second-order valence-corrected chi connectivity index (χ2v) is 6.16. The molecule has 0 bridgehead atoms. The second-order valence-electron chi connectivity index (χ2n) is 6.16. The zero-order chi connectivity index (χ0) is 19.3. The van der Waals surface area contributed by atoms with Crippen LogP contribution in [0.15, 0.2) is 11.6 Å². The lowest BCUT2D eigenvalue weighted by Gasteiger charge is -2.11. The van der Waals surface area contributed by atoms with Gasteiger partial charge in [0.2, 0.25) is 23.2 Å². The van der Waals surface area contributed by atoms with Crippen molar-refractivity contribution in [1.82, 2.24) is 5.32 Å². The highest BCUT2D eigenvalue weighted by Gasteiger charge is 2.31. The van der Waals surface area contributed by atoms with E-state index < -0.39 is 29.0 Å². The van der Waals surface area contributed by atoms with Crippen molar-refractivity contribution >= 4 is 23.5 Å². The van der Waals surface area contributed by atoms with E-state index in [0.29, 0.717) is 6.54 Å². The second kappa shape index (κ2) is 8.51. The molecule has 3 N–H and O–H groups in total. The highest BCUT2D eigenvalue weighted by molar-refractivity contribution is 6.46. The summed E-state index contributed by atoms with van der Waals surface area (Å²) in [7, 11) is 1.29. The smallest absolute Gasteiger partial charge is 0.247 e.